The van der Waals surface area contributed by atoms with Gasteiger partial charge in [-0.05, 0) is 57.5 Å². The number of benzene rings is 1. The summed E-state index contributed by atoms with van der Waals surface area (Å²) in [6.07, 6.45) is 1.29. The minimum atomic E-state index is -3.84. The number of aromatic nitrogens is 1. The van der Waals surface area contributed by atoms with Crippen LogP contribution in [0.25, 0.3) is 0 Å². The van der Waals surface area contributed by atoms with E-state index in [9.17, 15) is 17.6 Å². The minimum Gasteiger partial charge on any atom is -0.386 e. The molecule has 0 fully saturated rings. The van der Waals surface area contributed by atoms with Crippen LogP contribution in [-0.4, -0.2) is 47.8 Å². The highest BCUT2D eigenvalue weighted by Gasteiger charge is 2.48. The predicted molar refractivity (Wildman–Crippen MR) is 123 cm³/mol. The number of pyridine rings is 1. The maximum absolute atomic E-state index is 14.9. The minimum absolute atomic E-state index is 0.0764. The van der Waals surface area contributed by atoms with Crippen LogP contribution >= 0.6 is 0 Å². The molecular weight excluding hydrogens is 447 g/mol. The molecule has 2 aromatic rings. The Morgan fingerprint density at radius 1 is 1.30 bits per heavy atom. The smallest absolute Gasteiger partial charge is 0.274 e. The molecule has 0 saturated carbocycles. The first-order chi connectivity index (χ1) is 15.2. The number of aliphatic imine (C=N–C) groups is 1. The summed E-state index contributed by atoms with van der Waals surface area (Å²) < 4.78 is 40.4. The number of carbonyl (C=O) groups excluding carboxylic acids is 1. The first-order valence-corrected chi connectivity index (χ1v) is 11.5. The molecule has 1 aromatic heterocycles. The largest absolute Gasteiger partial charge is 0.386 e. The normalized spacial score (nSPS) is 22.0. The van der Waals surface area contributed by atoms with E-state index in [1.807, 2.05) is 6.07 Å². The van der Waals surface area contributed by atoms with E-state index in [0.29, 0.717) is 11.1 Å². The van der Waals surface area contributed by atoms with Gasteiger partial charge in [-0.25, -0.2) is 22.1 Å². The van der Waals surface area contributed by atoms with E-state index in [1.54, 1.807) is 19.9 Å². The quantitative estimate of drug-likeness (QED) is 0.702. The van der Waals surface area contributed by atoms with Crippen molar-refractivity contribution in [2.24, 2.45) is 10.7 Å². The van der Waals surface area contributed by atoms with Gasteiger partial charge >= 0.3 is 0 Å². The van der Waals surface area contributed by atoms with Gasteiger partial charge in [-0.15, -0.1) is 0 Å². The predicted octanol–water partition coefficient (Wildman–Crippen LogP) is 2.28. The fraction of sp³-hybridized carbons (Fsp3) is 0.364. The molecule has 1 atom stereocenters. The van der Waals surface area contributed by atoms with E-state index in [2.05, 4.69) is 15.3 Å². The van der Waals surface area contributed by atoms with Crippen LogP contribution in [0.15, 0.2) is 35.5 Å². The number of aryl methyl sites for hydroxylation is 1. The van der Waals surface area contributed by atoms with Crippen LogP contribution in [0, 0.1) is 24.1 Å². The Morgan fingerprint density at radius 3 is 2.58 bits per heavy atom. The summed E-state index contributed by atoms with van der Waals surface area (Å²) in [6.45, 7) is 5.99. The Hall–Kier alpha value is -3.36. The number of sulfonamides is 1. The standard InChI is InChI=1S/C22H25FN6O3S/c1-13-8-14(10-24)11-26-18(13)19(30)27-15-6-7-17(23)16(9-15)22(4)12-29(5)33(31,32)21(2,3)20(25)28-22/h6-9,11H,12H2,1-5H3,(H2,25,28)(H,27,30). The average molecular weight is 473 g/mol. The summed E-state index contributed by atoms with van der Waals surface area (Å²) in [6, 6.07) is 7.46. The van der Waals surface area contributed by atoms with Crippen molar-refractivity contribution < 1.29 is 17.6 Å². The van der Waals surface area contributed by atoms with E-state index in [4.69, 9.17) is 11.0 Å². The van der Waals surface area contributed by atoms with Crippen molar-refractivity contribution in [2.75, 3.05) is 18.9 Å². The summed E-state index contributed by atoms with van der Waals surface area (Å²) in [5, 5.41) is 11.6. The first-order valence-electron chi connectivity index (χ1n) is 10.0. The number of nitrogens with two attached hydrogens (primary N) is 1. The maximum Gasteiger partial charge on any atom is 0.274 e. The van der Waals surface area contributed by atoms with Gasteiger partial charge in [0, 0.05) is 31.0 Å². The molecule has 1 aliphatic rings. The summed E-state index contributed by atoms with van der Waals surface area (Å²) in [4.78, 5) is 21.2. The molecule has 2 heterocycles. The lowest BCUT2D eigenvalue weighted by Gasteiger charge is -2.29. The SMILES string of the molecule is Cc1cc(C#N)cnc1C(=O)Nc1ccc(F)c(C2(C)CN(C)S(=O)(=O)C(C)(C)C(N)=N2)c1. The molecule has 9 nitrogen and oxygen atoms in total. The second-order valence-electron chi connectivity index (χ2n) is 8.69. The molecule has 3 N–H and O–H groups in total. The molecule has 174 valence electrons. The zero-order valence-electron chi connectivity index (χ0n) is 19.0. The van der Waals surface area contributed by atoms with Gasteiger partial charge in [-0.3, -0.25) is 9.79 Å². The second-order valence-corrected chi connectivity index (χ2v) is 11.3. The van der Waals surface area contributed by atoms with Crippen molar-refractivity contribution >= 4 is 27.5 Å². The molecule has 0 radical (unpaired) electrons. The van der Waals surface area contributed by atoms with Crippen LogP contribution in [-0.2, 0) is 15.6 Å². The van der Waals surface area contributed by atoms with Crippen molar-refractivity contribution in [3.63, 3.8) is 0 Å². The Bertz CT molecular complexity index is 1320. The molecule has 3 rings (SSSR count). The number of hydrogen-bond acceptors (Lipinski definition) is 7. The second kappa shape index (κ2) is 8.20. The Labute approximate surface area is 192 Å². The zero-order chi connectivity index (χ0) is 24.8. The number of amides is 1. The number of carbonyl (C=O) groups is 1. The van der Waals surface area contributed by atoms with Crippen molar-refractivity contribution in [3.05, 3.63) is 58.7 Å². The lowest BCUT2D eigenvalue weighted by Crippen LogP contribution is -2.50. The summed E-state index contributed by atoms with van der Waals surface area (Å²) in [5.41, 5.74) is 6.03. The van der Waals surface area contributed by atoms with Crippen molar-refractivity contribution in [2.45, 2.75) is 38.0 Å². The molecule has 0 bridgehead atoms. The van der Waals surface area contributed by atoms with Crippen LogP contribution < -0.4 is 11.1 Å². The van der Waals surface area contributed by atoms with Gasteiger partial charge in [0.05, 0.1) is 5.56 Å². The summed E-state index contributed by atoms with van der Waals surface area (Å²) >= 11 is 0. The number of likely N-dealkylation sites (N-methyl/N-ethyl adjacent to an activating group) is 1. The fourth-order valence-electron chi connectivity index (χ4n) is 3.70. The molecule has 0 spiro atoms. The Morgan fingerprint density at radius 2 is 1.97 bits per heavy atom. The van der Waals surface area contributed by atoms with Gasteiger partial charge in [0.2, 0.25) is 10.0 Å². The fourth-order valence-corrected chi connectivity index (χ4v) is 5.21. The van der Waals surface area contributed by atoms with Crippen molar-refractivity contribution in [1.82, 2.24) is 9.29 Å². The average Bonchev–Trinajstić information content (AvgIpc) is 2.77. The lowest BCUT2D eigenvalue weighted by atomic mass is 9.91. The molecule has 33 heavy (non-hydrogen) atoms. The van der Waals surface area contributed by atoms with E-state index >= 15 is 0 Å². The molecule has 11 heteroatoms. The highest BCUT2D eigenvalue weighted by molar-refractivity contribution is 7.91. The molecule has 0 saturated heterocycles. The van der Waals surface area contributed by atoms with Gasteiger partial charge in [-0.2, -0.15) is 5.26 Å². The number of nitrogens with one attached hydrogen (secondary N) is 1. The summed E-state index contributed by atoms with van der Waals surface area (Å²) in [7, 11) is -2.44. The Kier molecular flexibility index (Phi) is 6.04. The number of anilines is 1. The number of rotatable bonds is 3. The number of halogens is 1. The molecule has 1 unspecified atom stereocenters. The number of nitrogens with zero attached hydrogens (tertiary/aromatic N) is 4. The number of hydrogen-bond donors (Lipinski definition) is 2. The molecule has 0 aliphatic carbocycles. The van der Waals surface area contributed by atoms with Crippen molar-refractivity contribution in [3.8, 4) is 6.07 Å². The van der Waals surface area contributed by atoms with E-state index in [0.717, 1.165) is 4.31 Å². The van der Waals surface area contributed by atoms with E-state index in [-0.39, 0.29) is 29.3 Å². The Balaban J connectivity index is 2.02. The van der Waals surface area contributed by atoms with Crippen molar-refractivity contribution in [1.29, 1.82) is 5.26 Å². The maximum atomic E-state index is 14.9. The van der Waals surface area contributed by atoms with Crippen LogP contribution in [0.5, 0.6) is 0 Å². The van der Waals surface area contributed by atoms with Crippen LogP contribution in [0.2, 0.25) is 0 Å². The van der Waals surface area contributed by atoms with Crippen LogP contribution in [0.3, 0.4) is 0 Å². The topological polar surface area (TPSA) is 142 Å². The number of nitriles is 1. The highest BCUT2D eigenvalue weighted by Crippen LogP contribution is 2.36. The van der Waals surface area contributed by atoms with E-state index < -0.39 is 32.0 Å². The van der Waals surface area contributed by atoms with Gasteiger partial charge in [0.1, 0.15) is 33.7 Å². The summed E-state index contributed by atoms with van der Waals surface area (Å²) in [5.74, 6) is -1.30. The molecule has 1 aromatic carbocycles. The molecule has 1 aliphatic heterocycles. The first kappa shape index (κ1) is 24.3. The monoisotopic (exact) mass is 472 g/mol. The third kappa shape index (κ3) is 4.19. The van der Waals surface area contributed by atoms with Crippen LogP contribution in [0.4, 0.5) is 10.1 Å². The van der Waals surface area contributed by atoms with E-state index in [1.165, 1.54) is 45.3 Å². The van der Waals surface area contributed by atoms with Gasteiger partial charge < -0.3 is 11.1 Å². The lowest BCUT2D eigenvalue weighted by molar-refractivity contribution is 0.102. The third-order valence-corrected chi connectivity index (χ3v) is 8.25. The third-order valence-electron chi connectivity index (χ3n) is 5.80. The van der Waals surface area contributed by atoms with Gasteiger partial charge in [0.15, 0.2) is 0 Å². The van der Waals surface area contributed by atoms with Gasteiger partial charge in [0.25, 0.3) is 5.91 Å². The highest BCUT2D eigenvalue weighted by atomic mass is 32.2. The van der Waals surface area contributed by atoms with Gasteiger partial charge in [-0.1, -0.05) is 0 Å². The zero-order valence-corrected chi connectivity index (χ0v) is 19.8. The molecular formula is C22H25FN6O3S. The number of amidine groups is 1. The molecule has 1 amide bonds. The van der Waals surface area contributed by atoms with Crippen LogP contribution in [0.1, 0.15) is 48.0 Å².